The van der Waals surface area contributed by atoms with Crippen LogP contribution in [0, 0.1) is 0 Å². The van der Waals surface area contributed by atoms with Crippen LogP contribution in [-0.2, 0) is 0 Å². The maximum Gasteiger partial charge on any atom is 0.128 e. The molecule has 0 spiro atoms. The summed E-state index contributed by atoms with van der Waals surface area (Å²) in [4.78, 5) is 0. The molecule has 40 heavy (non-hydrogen) atoms. The number of hydrogen-bond donors (Lipinski definition) is 0. The summed E-state index contributed by atoms with van der Waals surface area (Å²) in [5.74, 6) is 0. The predicted octanol–water partition coefficient (Wildman–Crippen LogP) is 12.1. The zero-order chi connectivity index (χ0) is 29.6. The molecule has 0 aliphatic heterocycles. The van der Waals surface area contributed by atoms with Crippen LogP contribution in [-0.4, -0.2) is 63.3 Å². The number of unbranched alkanes of at least 4 members (excludes halogenated alkanes) is 26. The van der Waals surface area contributed by atoms with Gasteiger partial charge in [-0.2, -0.15) is 0 Å². The zero-order valence-electron chi connectivity index (χ0n) is 29.5. The Balaban J connectivity index is 3.53. The maximum absolute atomic E-state index is 2.47. The van der Waals surface area contributed by atoms with Crippen LogP contribution in [0.1, 0.15) is 194 Å². The Labute approximate surface area is 256 Å². The van der Waals surface area contributed by atoms with Crippen LogP contribution in [0.15, 0.2) is 0 Å². The second kappa shape index (κ2) is 29.0. The van der Waals surface area contributed by atoms with E-state index in [-0.39, 0.29) is 0 Å². The van der Waals surface area contributed by atoms with Crippen LogP contribution in [0.4, 0.5) is 0 Å². The molecule has 0 unspecified atom stereocenters. The summed E-state index contributed by atoms with van der Waals surface area (Å²) in [7, 11) is 9.87. The molecule has 0 saturated carbocycles. The van der Waals surface area contributed by atoms with Crippen molar-refractivity contribution in [2.45, 2.75) is 194 Å². The van der Waals surface area contributed by atoms with Gasteiger partial charge in [0, 0.05) is 0 Å². The Morgan fingerprint density at radius 3 is 0.600 bits per heavy atom. The van der Waals surface area contributed by atoms with Crippen molar-refractivity contribution in [1.29, 1.82) is 0 Å². The molecule has 0 radical (unpaired) electrons. The van der Waals surface area contributed by atoms with E-state index >= 15 is 0 Å². The fourth-order valence-electron chi connectivity index (χ4n) is 6.23. The van der Waals surface area contributed by atoms with Gasteiger partial charge in [0.2, 0.25) is 0 Å². The molecule has 0 aromatic heterocycles. The van der Waals surface area contributed by atoms with Gasteiger partial charge in [-0.15, -0.1) is 0 Å². The van der Waals surface area contributed by atoms with Crippen LogP contribution in [0.3, 0.4) is 0 Å². The average Bonchev–Trinajstić information content (AvgIpc) is 2.92. The first-order valence-corrected chi connectivity index (χ1v) is 19.0. The molecule has 2 nitrogen and oxygen atoms in total. The van der Waals surface area contributed by atoms with E-state index in [1.165, 1.54) is 215 Å². The molecule has 0 saturated heterocycles. The van der Waals surface area contributed by atoms with Gasteiger partial charge >= 0.3 is 0 Å². The van der Waals surface area contributed by atoms with Crippen molar-refractivity contribution in [2.75, 3.05) is 54.4 Å². The van der Waals surface area contributed by atoms with Gasteiger partial charge in [0.05, 0.1) is 41.3 Å². The highest BCUT2D eigenvalue weighted by molar-refractivity contribution is 4.51. The lowest BCUT2D eigenvalue weighted by molar-refractivity contribution is -0.946. The van der Waals surface area contributed by atoms with E-state index in [1.807, 2.05) is 0 Å². The van der Waals surface area contributed by atoms with Crippen molar-refractivity contribution in [3.63, 3.8) is 0 Å². The molecule has 0 aliphatic carbocycles. The van der Waals surface area contributed by atoms with E-state index in [9.17, 15) is 0 Å². The first-order chi connectivity index (χ1) is 19.3. The Morgan fingerprint density at radius 1 is 0.225 bits per heavy atom. The SMILES string of the molecule is CCCCCCCCCCCCCCCC[N+](C)(C)CC[N+](C)(C)CCCCCCCCCCCCCCCC. The molecule has 0 aromatic carbocycles. The molecule has 0 fully saturated rings. The molecule has 0 rings (SSSR count). The fourth-order valence-corrected chi connectivity index (χ4v) is 6.23. The largest absolute Gasteiger partial charge is 0.324 e. The highest BCUT2D eigenvalue weighted by Crippen LogP contribution is 2.15. The summed E-state index contributed by atoms with van der Waals surface area (Å²) in [6.45, 7) is 9.98. The monoisotopic (exact) mass is 567 g/mol. The summed E-state index contributed by atoms with van der Waals surface area (Å²) in [5.41, 5.74) is 0. The normalized spacial score (nSPS) is 12.4. The quantitative estimate of drug-likeness (QED) is 0.0547. The van der Waals surface area contributed by atoms with Gasteiger partial charge in [0.1, 0.15) is 13.1 Å². The maximum atomic E-state index is 2.47. The van der Waals surface area contributed by atoms with E-state index in [0.717, 1.165) is 0 Å². The Bertz CT molecular complexity index is 440. The summed E-state index contributed by atoms with van der Waals surface area (Å²) in [6.07, 6.45) is 40.7. The smallest absolute Gasteiger partial charge is 0.128 e. The van der Waals surface area contributed by atoms with E-state index in [4.69, 9.17) is 0 Å². The lowest BCUT2D eigenvalue weighted by atomic mass is 10.0. The fraction of sp³-hybridized carbons (Fsp3) is 1.00. The number of nitrogens with zero attached hydrogens (tertiary/aromatic N) is 2. The number of quaternary nitrogens is 2. The van der Waals surface area contributed by atoms with E-state index in [1.54, 1.807) is 0 Å². The number of rotatable bonds is 33. The minimum Gasteiger partial charge on any atom is -0.324 e. The van der Waals surface area contributed by atoms with Crippen molar-refractivity contribution in [2.24, 2.45) is 0 Å². The van der Waals surface area contributed by atoms with Gasteiger partial charge < -0.3 is 8.97 Å². The number of hydrogen-bond acceptors (Lipinski definition) is 0. The van der Waals surface area contributed by atoms with Gasteiger partial charge in [-0.25, -0.2) is 0 Å². The van der Waals surface area contributed by atoms with Crippen molar-refractivity contribution < 1.29 is 8.97 Å². The highest BCUT2D eigenvalue weighted by atomic mass is 15.4. The minimum absolute atomic E-state index is 1.21. The van der Waals surface area contributed by atoms with Crippen LogP contribution in [0.25, 0.3) is 0 Å². The van der Waals surface area contributed by atoms with Crippen LogP contribution >= 0.6 is 0 Å². The van der Waals surface area contributed by atoms with E-state index in [2.05, 4.69) is 42.0 Å². The van der Waals surface area contributed by atoms with Crippen LogP contribution in [0.5, 0.6) is 0 Å². The Kier molecular flexibility index (Phi) is 29.0. The Morgan fingerprint density at radius 2 is 0.400 bits per heavy atom. The zero-order valence-corrected chi connectivity index (χ0v) is 29.5. The molecule has 0 N–H and O–H groups in total. The highest BCUT2D eigenvalue weighted by Gasteiger charge is 2.22. The molecule has 2 heteroatoms. The summed E-state index contributed by atoms with van der Waals surface area (Å²) >= 11 is 0. The summed E-state index contributed by atoms with van der Waals surface area (Å²) < 4.78 is 2.41. The molecule has 0 atom stereocenters. The molecule has 0 aromatic rings. The third-order valence-corrected chi connectivity index (χ3v) is 9.54. The molecule has 0 aliphatic rings. The lowest BCUT2D eigenvalue weighted by Crippen LogP contribution is -2.51. The van der Waals surface area contributed by atoms with Crippen molar-refractivity contribution in [3.05, 3.63) is 0 Å². The van der Waals surface area contributed by atoms with Crippen molar-refractivity contribution >= 4 is 0 Å². The molecular weight excluding hydrogens is 484 g/mol. The van der Waals surface area contributed by atoms with Crippen LogP contribution < -0.4 is 0 Å². The second-order valence-electron chi connectivity index (χ2n) is 15.0. The van der Waals surface area contributed by atoms with E-state index in [0.29, 0.717) is 0 Å². The van der Waals surface area contributed by atoms with Crippen LogP contribution in [0.2, 0.25) is 0 Å². The molecule has 0 amide bonds. The lowest BCUT2D eigenvalue weighted by Gasteiger charge is -2.36. The standard InChI is InChI=1S/C38H82N2/c1-7-9-11-13-15-17-19-21-23-25-27-29-31-33-35-39(3,4)37-38-40(5,6)36-34-32-30-28-26-24-22-20-18-16-14-12-10-8-2/h7-38H2,1-6H3/q+2. The second-order valence-corrected chi connectivity index (χ2v) is 15.0. The Hall–Kier alpha value is -0.0800. The minimum atomic E-state index is 1.21. The summed E-state index contributed by atoms with van der Waals surface area (Å²) in [6, 6.07) is 0. The third-order valence-electron chi connectivity index (χ3n) is 9.54. The van der Waals surface area contributed by atoms with Gasteiger partial charge in [-0.3, -0.25) is 0 Å². The molecule has 242 valence electrons. The van der Waals surface area contributed by atoms with Crippen molar-refractivity contribution in [1.82, 2.24) is 0 Å². The molecular formula is C38H82N2+2. The van der Waals surface area contributed by atoms with Gasteiger partial charge in [-0.05, 0) is 25.7 Å². The van der Waals surface area contributed by atoms with Crippen molar-refractivity contribution in [3.8, 4) is 0 Å². The first-order valence-electron chi connectivity index (χ1n) is 19.0. The average molecular weight is 567 g/mol. The van der Waals surface area contributed by atoms with Gasteiger partial charge in [-0.1, -0.05) is 168 Å². The predicted molar refractivity (Wildman–Crippen MR) is 184 cm³/mol. The molecule has 0 heterocycles. The van der Waals surface area contributed by atoms with E-state index < -0.39 is 0 Å². The molecule has 0 bridgehead atoms. The first kappa shape index (κ1) is 39.9. The van der Waals surface area contributed by atoms with Gasteiger partial charge in [0.25, 0.3) is 0 Å². The van der Waals surface area contributed by atoms with Gasteiger partial charge in [0.15, 0.2) is 0 Å². The summed E-state index contributed by atoms with van der Waals surface area (Å²) in [5, 5.41) is 0. The topological polar surface area (TPSA) is 0 Å². The number of likely N-dealkylation sites (N-methyl/N-ethyl adjacent to an activating group) is 2. The third kappa shape index (κ3) is 30.9.